The molecule has 0 radical (unpaired) electrons. The number of phosphoric acid groups is 1. The van der Waals surface area contributed by atoms with Gasteiger partial charge >= 0.3 is 19.8 Å². The number of phosphoric ester groups is 1. The van der Waals surface area contributed by atoms with Gasteiger partial charge in [0.15, 0.2) is 6.10 Å². The van der Waals surface area contributed by atoms with E-state index in [9.17, 15) is 19.0 Å². The molecule has 0 aromatic rings. The van der Waals surface area contributed by atoms with Crippen LogP contribution in [-0.4, -0.2) is 49.3 Å². The summed E-state index contributed by atoms with van der Waals surface area (Å²) in [5.41, 5.74) is 5.34. The van der Waals surface area contributed by atoms with E-state index < -0.39 is 26.5 Å². The normalized spacial score (nSPS) is 13.8. The number of carbonyl (C=O) groups is 2. The van der Waals surface area contributed by atoms with E-state index in [2.05, 4.69) is 32.1 Å². The van der Waals surface area contributed by atoms with Crippen LogP contribution in [0.2, 0.25) is 0 Å². The van der Waals surface area contributed by atoms with Crippen molar-refractivity contribution in [3.05, 3.63) is 48.6 Å². The summed E-state index contributed by atoms with van der Waals surface area (Å²) < 4.78 is 32.7. The standard InChI is InChI=1S/C42H76NO8P/c1-3-5-7-9-11-13-15-17-19-21-22-24-26-28-30-32-34-41(44)48-38-40(39-50-52(46,47)49-37-36-43)51-42(45)35-33-31-29-27-25-23-20-18-16-14-12-10-8-6-4-2/h6,8,10,12,14,16,18,20,40H,3-5,7,9,11,13,15,17,19,21-39,43H2,1-2H3,(H,46,47)/b8-6+,12-10+,16-14+,20-18+/t40-/m1/s1. The summed E-state index contributed by atoms with van der Waals surface area (Å²) in [7, 11) is -4.38. The largest absolute Gasteiger partial charge is 0.472 e. The predicted octanol–water partition coefficient (Wildman–Crippen LogP) is 11.6. The van der Waals surface area contributed by atoms with E-state index in [1.165, 1.54) is 83.5 Å². The van der Waals surface area contributed by atoms with Crippen LogP contribution in [0.15, 0.2) is 48.6 Å². The van der Waals surface area contributed by atoms with Crippen molar-refractivity contribution in [1.29, 1.82) is 0 Å². The average Bonchev–Trinajstić information content (AvgIpc) is 3.13. The molecule has 2 atom stereocenters. The maximum atomic E-state index is 12.5. The van der Waals surface area contributed by atoms with E-state index in [-0.39, 0.29) is 38.6 Å². The first-order chi connectivity index (χ1) is 25.3. The Balaban J connectivity index is 4.20. The molecule has 52 heavy (non-hydrogen) atoms. The molecule has 0 aromatic heterocycles. The molecule has 0 aliphatic rings. The fourth-order valence-electron chi connectivity index (χ4n) is 5.53. The van der Waals surface area contributed by atoms with Crippen LogP contribution in [0.5, 0.6) is 0 Å². The topological polar surface area (TPSA) is 134 Å². The summed E-state index contributed by atoms with van der Waals surface area (Å²) in [5, 5.41) is 0. The van der Waals surface area contributed by atoms with Gasteiger partial charge in [0.05, 0.1) is 13.2 Å². The maximum absolute atomic E-state index is 12.5. The second kappa shape index (κ2) is 38.7. The van der Waals surface area contributed by atoms with Gasteiger partial charge < -0.3 is 20.1 Å². The van der Waals surface area contributed by atoms with Gasteiger partial charge in [-0.1, -0.05) is 178 Å². The zero-order valence-corrected chi connectivity index (χ0v) is 33.9. The number of ether oxygens (including phenoxy) is 2. The molecule has 10 heteroatoms. The van der Waals surface area contributed by atoms with Gasteiger partial charge in [-0.3, -0.25) is 18.6 Å². The summed E-state index contributed by atoms with van der Waals surface area (Å²) in [4.78, 5) is 34.8. The maximum Gasteiger partial charge on any atom is 0.472 e. The number of rotatable bonds is 38. The molecule has 0 aliphatic carbocycles. The lowest BCUT2D eigenvalue weighted by atomic mass is 10.0. The van der Waals surface area contributed by atoms with Crippen molar-refractivity contribution >= 4 is 19.8 Å². The first-order valence-electron chi connectivity index (χ1n) is 20.7. The van der Waals surface area contributed by atoms with Crippen LogP contribution in [0.3, 0.4) is 0 Å². The summed E-state index contributed by atoms with van der Waals surface area (Å²) in [5.74, 6) is -0.854. The van der Waals surface area contributed by atoms with Crippen molar-refractivity contribution in [3.8, 4) is 0 Å². The van der Waals surface area contributed by atoms with Gasteiger partial charge in [-0.15, -0.1) is 0 Å². The Morgan fingerprint density at radius 3 is 1.58 bits per heavy atom. The van der Waals surface area contributed by atoms with E-state index in [4.69, 9.17) is 24.3 Å². The Hall–Kier alpha value is -2.03. The van der Waals surface area contributed by atoms with E-state index in [0.29, 0.717) is 6.42 Å². The van der Waals surface area contributed by atoms with E-state index >= 15 is 0 Å². The van der Waals surface area contributed by atoms with Crippen molar-refractivity contribution in [1.82, 2.24) is 0 Å². The van der Waals surface area contributed by atoms with Crippen molar-refractivity contribution in [2.45, 2.75) is 180 Å². The number of unbranched alkanes of at least 4 members (excludes halogenated alkanes) is 20. The molecule has 0 spiro atoms. The van der Waals surface area contributed by atoms with Gasteiger partial charge in [0, 0.05) is 19.4 Å². The molecule has 0 rings (SSSR count). The second-order valence-electron chi connectivity index (χ2n) is 13.6. The van der Waals surface area contributed by atoms with E-state index in [1.807, 2.05) is 30.4 Å². The Kier molecular flexibility index (Phi) is 37.2. The van der Waals surface area contributed by atoms with Crippen molar-refractivity contribution < 1.29 is 37.6 Å². The monoisotopic (exact) mass is 754 g/mol. The molecule has 0 amide bonds. The quantitative estimate of drug-likeness (QED) is 0.0273. The molecule has 3 N–H and O–H groups in total. The molecule has 1 unspecified atom stereocenters. The van der Waals surface area contributed by atoms with Crippen molar-refractivity contribution in [2.75, 3.05) is 26.4 Å². The van der Waals surface area contributed by atoms with Crippen LogP contribution >= 0.6 is 7.82 Å². The number of nitrogens with two attached hydrogens (primary N) is 1. The molecule has 0 saturated carbocycles. The highest BCUT2D eigenvalue weighted by Crippen LogP contribution is 2.43. The zero-order valence-electron chi connectivity index (χ0n) is 33.0. The third-order valence-corrected chi connectivity index (χ3v) is 9.56. The molecule has 0 saturated heterocycles. The summed E-state index contributed by atoms with van der Waals surface area (Å²) in [6.45, 7) is 3.57. The second-order valence-corrected chi connectivity index (χ2v) is 15.0. The van der Waals surface area contributed by atoms with E-state index in [1.54, 1.807) is 0 Å². The minimum absolute atomic E-state index is 0.0482. The molecule has 0 heterocycles. The lowest BCUT2D eigenvalue weighted by Crippen LogP contribution is -2.29. The number of hydrogen-bond donors (Lipinski definition) is 2. The molecule has 9 nitrogen and oxygen atoms in total. The van der Waals surface area contributed by atoms with Crippen LogP contribution < -0.4 is 5.73 Å². The number of allylic oxidation sites excluding steroid dienone is 8. The van der Waals surface area contributed by atoms with Crippen LogP contribution in [0.4, 0.5) is 0 Å². The van der Waals surface area contributed by atoms with Crippen molar-refractivity contribution in [3.63, 3.8) is 0 Å². The van der Waals surface area contributed by atoms with Gasteiger partial charge in [0.1, 0.15) is 6.61 Å². The predicted molar refractivity (Wildman–Crippen MR) is 215 cm³/mol. The molecular weight excluding hydrogens is 677 g/mol. The van der Waals surface area contributed by atoms with Crippen molar-refractivity contribution in [2.24, 2.45) is 5.73 Å². The smallest absolute Gasteiger partial charge is 0.462 e. The Morgan fingerprint density at radius 2 is 1.06 bits per heavy atom. The van der Waals surface area contributed by atoms with Crippen LogP contribution in [0.25, 0.3) is 0 Å². The average molecular weight is 754 g/mol. The number of esters is 2. The first kappa shape index (κ1) is 50.0. The summed E-state index contributed by atoms with van der Waals surface area (Å²) >= 11 is 0. The fourth-order valence-corrected chi connectivity index (χ4v) is 6.29. The summed E-state index contributed by atoms with van der Waals surface area (Å²) in [6.07, 6.45) is 42.8. The van der Waals surface area contributed by atoms with Crippen LogP contribution in [0, 0.1) is 0 Å². The van der Waals surface area contributed by atoms with Crippen LogP contribution in [0.1, 0.15) is 174 Å². The Labute approximate surface area is 317 Å². The van der Waals surface area contributed by atoms with Gasteiger partial charge in [0.2, 0.25) is 0 Å². The summed E-state index contributed by atoms with van der Waals surface area (Å²) in [6, 6.07) is 0. The van der Waals surface area contributed by atoms with E-state index in [0.717, 1.165) is 57.8 Å². The van der Waals surface area contributed by atoms with Crippen LogP contribution in [-0.2, 0) is 32.7 Å². The number of carbonyl (C=O) groups excluding carboxylic acids is 2. The Morgan fingerprint density at radius 1 is 0.596 bits per heavy atom. The lowest BCUT2D eigenvalue weighted by molar-refractivity contribution is -0.161. The molecule has 0 fully saturated rings. The third-order valence-electron chi connectivity index (χ3n) is 8.57. The fraction of sp³-hybridized carbons (Fsp3) is 0.762. The highest BCUT2D eigenvalue weighted by atomic mass is 31.2. The number of hydrogen-bond acceptors (Lipinski definition) is 8. The third kappa shape index (κ3) is 37.7. The highest BCUT2D eigenvalue weighted by Gasteiger charge is 2.26. The molecule has 0 bridgehead atoms. The first-order valence-corrected chi connectivity index (χ1v) is 22.2. The Bertz CT molecular complexity index is 996. The molecule has 0 aliphatic heterocycles. The van der Waals surface area contributed by atoms with Gasteiger partial charge in [-0.2, -0.15) is 0 Å². The molecule has 302 valence electrons. The molecular formula is C42H76NO8P. The minimum atomic E-state index is -4.38. The lowest BCUT2D eigenvalue weighted by Gasteiger charge is -2.19. The highest BCUT2D eigenvalue weighted by molar-refractivity contribution is 7.47. The van der Waals surface area contributed by atoms with Gasteiger partial charge in [0.25, 0.3) is 0 Å². The van der Waals surface area contributed by atoms with Gasteiger partial charge in [-0.05, 0) is 32.1 Å². The SMILES string of the molecule is CC/C=C/C=C/C=C/C=C/CCCCCCCC(=O)O[C@H](COC(=O)CCCCCCCCCCCCCCCCCC)COP(=O)(O)OCCN. The minimum Gasteiger partial charge on any atom is -0.462 e. The zero-order chi connectivity index (χ0) is 38.2. The molecule has 0 aromatic carbocycles. The van der Waals surface area contributed by atoms with Gasteiger partial charge in [-0.25, -0.2) is 4.57 Å².